The Bertz CT molecular complexity index is 807. The number of halogens is 1. The Balaban J connectivity index is 1.38. The van der Waals surface area contributed by atoms with E-state index >= 15 is 0 Å². The molecule has 0 spiro atoms. The third kappa shape index (κ3) is 6.22. The van der Waals surface area contributed by atoms with Gasteiger partial charge < -0.3 is 14.5 Å². The Hall–Kier alpha value is -2.05. The average Bonchev–Trinajstić information content (AvgIpc) is 2.78. The fourth-order valence-electron chi connectivity index (χ4n) is 4.25. The molecule has 1 fully saturated rings. The molecule has 1 saturated heterocycles. The van der Waals surface area contributed by atoms with Crippen molar-refractivity contribution in [3.8, 4) is 5.75 Å². The molecule has 1 aliphatic heterocycles. The van der Waals surface area contributed by atoms with E-state index in [1.165, 1.54) is 41.8 Å². The number of carbonyl (C=O) groups is 1. The van der Waals surface area contributed by atoms with Gasteiger partial charge in [-0.2, -0.15) is 0 Å². The van der Waals surface area contributed by atoms with Gasteiger partial charge in [0.2, 0.25) is 0 Å². The van der Waals surface area contributed by atoms with E-state index in [1.807, 2.05) is 24.3 Å². The Labute approximate surface area is 188 Å². The van der Waals surface area contributed by atoms with Crippen molar-refractivity contribution < 1.29 is 14.0 Å². The van der Waals surface area contributed by atoms with Crippen LogP contribution in [0, 0.1) is 5.92 Å². The minimum Gasteiger partial charge on any atom is -0.495 e. The van der Waals surface area contributed by atoms with Crippen molar-refractivity contribution in [2.75, 3.05) is 44.3 Å². The van der Waals surface area contributed by atoms with Crippen LogP contribution in [0.2, 0.25) is 0 Å². The van der Waals surface area contributed by atoms with Gasteiger partial charge >= 0.3 is 6.03 Å². The summed E-state index contributed by atoms with van der Waals surface area (Å²) in [4.78, 5) is 12.5. The molecule has 5 nitrogen and oxygen atoms in total. The Morgan fingerprint density at radius 3 is 2.50 bits per heavy atom. The molecule has 1 heterocycles. The molecule has 0 aliphatic carbocycles. The third-order valence-electron chi connectivity index (χ3n) is 6.15. The van der Waals surface area contributed by atoms with Gasteiger partial charge in [0, 0.05) is 13.0 Å². The van der Waals surface area contributed by atoms with Gasteiger partial charge in [-0.1, -0.05) is 42.5 Å². The van der Waals surface area contributed by atoms with Gasteiger partial charge in [0.05, 0.1) is 55.6 Å². The minimum absolute atomic E-state index is 0.177. The van der Waals surface area contributed by atoms with Gasteiger partial charge in [-0.05, 0) is 42.9 Å². The maximum absolute atomic E-state index is 12.5. The average molecular weight is 475 g/mol. The number of benzene rings is 2. The maximum Gasteiger partial charge on any atom is 0.332 e. The van der Waals surface area contributed by atoms with Gasteiger partial charge in [-0.25, -0.2) is 8.72 Å². The number of hydrogen-bond acceptors (Lipinski definition) is 2. The van der Waals surface area contributed by atoms with Gasteiger partial charge in [-0.15, -0.1) is 0 Å². The van der Waals surface area contributed by atoms with Crippen LogP contribution in [0.4, 0.5) is 10.5 Å². The second-order valence-electron chi connectivity index (χ2n) is 8.46. The van der Waals surface area contributed by atoms with Crippen molar-refractivity contribution in [2.24, 2.45) is 5.92 Å². The van der Waals surface area contributed by atoms with Crippen LogP contribution in [0.1, 0.15) is 24.8 Å². The number of hydrogen-bond donors (Lipinski definition) is 1. The molecule has 1 aliphatic rings. The van der Waals surface area contributed by atoms with E-state index in [0.29, 0.717) is 18.0 Å². The van der Waals surface area contributed by atoms with E-state index in [1.54, 1.807) is 7.11 Å². The smallest absolute Gasteiger partial charge is 0.332 e. The first-order valence-corrected chi connectivity index (χ1v) is 11.5. The van der Waals surface area contributed by atoms with E-state index < -0.39 is 0 Å². The summed E-state index contributed by atoms with van der Waals surface area (Å²) in [6.07, 6.45) is 4.72. The number of amides is 2. The fraction of sp³-hybridized carbons (Fsp3) is 0.458. The fourth-order valence-corrected chi connectivity index (χ4v) is 4.67. The maximum atomic E-state index is 12.5. The largest absolute Gasteiger partial charge is 0.495 e. The van der Waals surface area contributed by atoms with Crippen LogP contribution < -0.4 is 14.0 Å². The molecule has 30 heavy (non-hydrogen) atoms. The second-order valence-corrected chi connectivity index (χ2v) is 9.17. The lowest BCUT2D eigenvalue weighted by molar-refractivity contribution is -0.915. The molecule has 0 bridgehead atoms. The lowest BCUT2D eigenvalue weighted by Crippen LogP contribution is -2.51. The van der Waals surface area contributed by atoms with E-state index in [-0.39, 0.29) is 6.03 Å². The van der Waals surface area contributed by atoms with E-state index in [4.69, 9.17) is 4.74 Å². The summed E-state index contributed by atoms with van der Waals surface area (Å²) in [5.74, 6) is 1.45. The molecule has 2 aromatic carbocycles. The Morgan fingerprint density at radius 1 is 1.13 bits per heavy atom. The van der Waals surface area contributed by atoms with Crippen molar-refractivity contribution in [1.82, 2.24) is 5.32 Å². The number of carbonyl (C=O) groups excluding carboxylic acids is 1. The van der Waals surface area contributed by atoms with Crippen LogP contribution in [0.15, 0.2) is 54.6 Å². The zero-order valence-corrected chi connectivity index (χ0v) is 19.6. The molecule has 0 unspecified atom stereocenters. The van der Waals surface area contributed by atoms with Crippen molar-refractivity contribution in [2.45, 2.75) is 25.7 Å². The van der Waals surface area contributed by atoms with Crippen LogP contribution in [-0.2, 0) is 6.42 Å². The van der Waals surface area contributed by atoms with Gasteiger partial charge in [0.1, 0.15) is 5.75 Å². The Morgan fingerprint density at radius 2 is 1.80 bits per heavy atom. The standard InChI is InChI=1S/C24H32BrN3O2/c1-28(17-13-21(14-18-28)19-20-9-4-3-5-10-20)16-8-15-26-24(29)27(25)22-11-6-7-12-23(22)30-2/h3-7,9-12,21H,8,13-19H2,1-2H3/p+1. The molecule has 0 aromatic heterocycles. The quantitative estimate of drug-likeness (QED) is 0.331. The number of anilines is 1. The minimum atomic E-state index is -0.177. The lowest BCUT2D eigenvalue weighted by Gasteiger charge is -2.41. The highest BCUT2D eigenvalue weighted by Gasteiger charge is 2.29. The topological polar surface area (TPSA) is 41.6 Å². The normalized spacial score (nSPS) is 21.1. The molecule has 3 rings (SSSR count). The number of nitrogens with one attached hydrogen (secondary N) is 1. The predicted molar refractivity (Wildman–Crippen MR) is 126 cm³/mol. The first-order valence-electron chi connectivity index (χ1n) is 10.7. The molecule has 2 aromatic rings. The molecular weight excluding hydrogens is 442 g/mol. The molecule has 6 heteroatoms. The monoisotopic (exact) mass is 474 g/mol. The van der Waals surface area contributed by atoms with Crippen molar-refractivity contribution in [1.29, 1.82) is 0 Å². The van der Waals surface area contributed by atoms with Crippen molar-refractivity contribution in [3.63, 3.8) is 0 Å². The molecule has 0 saturated carbocycles. The molecule has 2 amide bonds. The number of urea groups is 1. The van der Waals surface area contributed by atoms with Crippen LogP contribution in [0.3, 0.4) is 0 Å². The van der Waals surface area contributed by atoms with Gasteiger partial charge in [0.15, 0.2) is 0 Å². The van der Waals surface area contributed by atoms with E-state index in [9.17, 15) is 4.79 Å². The highest BCUT2D eigenvalue weighted by atomic mass is 79.9. The summed E-state index contributed by atoms with van der Waals surface area (Å²) in [5.41, 5.74) is 2.15. The molecule has 1 N–H and O–H groups in total. The summed E-state index contributed by atoms with van der Waals surface area (Å²) in [5, 5.41) is 3.01. The van der Waals surface area contributed by atoms with Crippen LogP contribution in [0.25, 0.3) is 0 Å². The first kappa shape index (κ1) is 22.6. The van der Waals surface area contributed by atoms with Crippen LogP contribution >= 0.6 is 16.1 Å². The van der Waals surface area contributed by atoms with Gasteiger partial charge in [-0.3, -0.25) is 0 Å². The summed E-state index contributed by atoms with van der Waals surface area (Å²) in [7, 11) is 3.96. The highest BCUT2D eigenvalue weighted by Crippen LogP contribution is 2.30. The third-order valence-corrected chi connectivity index (χ3v) is 6.85. The number of quaternary nitrogens is 1. The van der Waals surface area contributed by atoms with Crippen molar-refractivity contribution in [3.05, 3.63) is 60.2 Å². The molecule has 162 valence electrons. The summed E-state index contributed by atoms with van der Waals surface area (Å²) >= 11 is 3.35. The van der Waals surface area contributed by atoms with E-state index in [0.717, 1.165) is 23.4 Å². The number of para-hydroxylation sites is 2. The number of ether oxygens (including phenoxy) is 1. The SMILES string of the molecule is COc1ccccc1N(Br)C(=O)NCCC[N+]1(C)CCC(Cc2ccccc2)CC1. The predicted octanol–water partition coefficient (Wildman–Crippen LogP) is 5.01. The second kappa shape index (κ2) is 10.8. The zero-order chi connectivity index (χ0) is 21.4. The number of rotatable bonds is 8. The summed E-state index contributed by atoms with van der Waals surface area (Å²) in [6.45, 7) is 4.20. The number of nitrogens with zero attached hydrogens (tertiary/aromatic N) is 2. The van der Waals surface area contributed by atoms with Crippen molar-refractivity contribution >= 4 is 27.9 Å². The number of likely N-dealkylation sites (tertiary alicyclic amines) is 1. The highest BCUT2D eigenvalue weighted by molar-refractivity contribution is 9.10. The first-order chi connectivity index (χ1) is 14.5. The van der Waals surface area contributed by atoms with Crippen LogP contribution in [0.5, 0.6) is 5.75 Å². The summed E-state index contributed by atoms with van der Waals surface area (Å²) in [6, 6.07) is 18.1. The summed E-state index contributed by atoms with van der Waals surface area (Å²) < 4.78 is 7.86. The number of piperidine rings is 1. The number of methoxy groups -OCH3 is 1. The van der Waals surface area contributed by atoms with E-state index in [2.05, 4.69) is 58.8 Å². The molecule has 0 radical (unpaired) electrons. The van der Waals surface area contributed by atoms with Gasteiger partial charge in [0.25, 0.3) is 0 Å². The molecule has 0 atom stereocenters. The van der Waals surface area contributed by atoms with Crippen LogP contribution in [-0.4, -0.2) is 50.9 Å². The Kier molecular flexibility index (Phi) is 8.16. The molecular formula is C24H33BrN3O2+. The lowest BCUT2D eigenvalue weighted by atomic mass is 9.89. The zero-order valence-electron chi connectivity index (χ0n) is 18.0.